The molecule has 1 aliphatic rings. The maximum Gasteiger partial charge on any atom is 0.258 e. The number of benzene rings is 2. The first-order valence-corrected chi connectivity index (χ1v) is 9.04. The van der Waals surface area contributed by atoms with E-state index in [0.717, 1.165) is 0 Å². The Kier molecular flexibility index (Phi) is 5.09. The van der Waals surface area contributed by atoms with Gasteiger partial charge in [0.15, 0.2) is 5.82 Å². The largest absolute Gasteiger partial charge is 0.337 e. The molecule has 2 heterocycles. The van der Waals surface area contributed by atoms with Gasteiger partial charge in [0.25, 0.3) is 5.91 Å². The van der Waals surface area contributed by atoms with Crippen LogP contribution in [0.2, 0.25) is 0 Å². The van der Waals surface area contributed by atoms with E-state index in [1.165, 1.54) is 18.1 Å². The second kappa shape index (κ2) is 7.84. The SMILES string of the molecule is CONC1=CN(C(=O)c2ccc(-c3ccccc3F)cc2)[C@H](c2nc(C)no2)C1. The Bertz CT molecular complexity index is 1060. The van der Waals surface area contributed by atoms with Crippen molar-refractivity contribution in [3.63, 3.8) is 0 Å². The lowest BCUT2D eigenvalue weighted by Gasteiger charge is -2.20. The first-order valence-electron chi connectivity index (χ1n) is 9.04. The number of hydroxylamine groups is 1. The molecule has 3 aromatic rings. The number of carbonyl (C=O) groups excluding carboxylic acids is 1. The van der Waals surface area contributed by atoms with E-state index in [4.69, 9.17) is 9.36 Å². The number of halogens is 1. The number of nitrogens with zero attached hydrogens (tertiary/aromatic N) is 3. The van der Waals surface area contributed by atoms with E-state index in [2.05, 4.69) is 15.6 Å². The maximum atomic E-state index is 14.0. The highest BCUT2D eigenvalue weighted by atomic mass is 19.1. The summed E-state index contributed by atoms with van der Waals surface area (Å²) < 4.78 is 19.3. The Morgan fingerprint density at radius 2 is 2.00 bits per heavy atom. The summed E-state index contributed by atoms with van der Waals surface area (Å²) in [4.78, 5) is 23.9. The van der Waals surface area contributed by atoms with Gasteiger partial charge < -0.3 is 9.42 Å². The Morgan fingerprint density at radius 3 is 2.66 bits per heavy atom. The fourth-order valence-corrected chi connectivity index (χ4v) is 3.31. The molecule has 7 nitrogen and oxygen atoms in total. The van der Waals surface area contributed by atoms with Crippen LogP contribution in [-0.2, 0) is 4.84 Å². The molecule has 1 N–H and O–H groups in total. The molecule has 0 fully saturated rings. The second-order valence-electron chi connectivity index (χ2n) is 6.63. The molecule has 0 radical (unpaired) electrons. The molecule has 1 amide bonds. The summed E-state index contributed by atoms with van der Waals surface area (Å²) in [6.45, 7) is 1.72. The molecule has 0 saturated carbocycles. The van der Waals surface area contributed by atoms with Crippen LogP contribution in [0.25, 0.3) is 11.1 Å². The van der Waals surface area contributed by atoms with Crippen molar-refractivity contribution < 1.29 is 18.5 Å². The summed E-state index contributed by atoms with van der Waals surface area (Å²) in [5.74, 6) is 0.299. The molecule has 0 unspecified atom stereocenters. The van der Waals surface area contributed by atoms with Gasteiger partial charge in [-0.2, -0.15) is 4.98 Å². The molecule has 1 aromatic heterocycles. The van der Waals surface area contributed by atoms with E-state index in [-0.39, 0.29) is 11.7 Å². The van der Waals surface area contributed by atoms with Gasteiger partial charge in [0.05, 0.1) is 12.8 Å². The van der Waals surface area contributed by atoms with Gasteiger partial charge in [-0.1, -0.05) is 35.5 Å². The van der Waals surface area contributed by atoms with Crippen molar-refractivity contribution in [1.82, 2.24) is 20.5 Å². The summed E-state index contributed by atoms with van der Waals surface area (Å²) in [7, 11) is 1.50. The van der Waals surface area contributed by atoms with Gasteiger partial charge in [-0.05, 0) is 30.7 Å². The predicted molar refractivity (Wildman–Crippen MR) is 103 cm³/mol. The number of nitrogens with one attached hydrogen (secondary N) is 1. The zero-order valence-corrected chi connectivity index (χ0v) is 15.9. The summed E-state index contributed by atoms with van der Waals surface area (Å²) in [5.41, 5.74) is 5.11. The number of aryl methyl sites for hydroxylation is 1. The lowest BCUT2D eigenvalue weighted by Crippen LogP contribution is -2.27. The van der Waals surface area contributed by atoms with E-state index in [0.29, 0.717) is 40.5 Å². The van der Waals surface area contributed by atoms with Crippen molar-refractivity contribution in [3.05, 3.63) is 83.5 Å². The molecule has 0 spiro atoms. The van der Waals surface area contributed by atoms with Gasteiger partial charge >= 0.3 is 0 Å². The van der Waals surface area contributed by atoms with Crippen LogP contribution >= 0.6 is 0 Å². The molecule has 2 aromatic carbocycles. The van der Waals surface area contributed by atoms with Crippen molar-refractivity contribution in [2.24, 2.45) is 0 Å². The highest BCUT2D eigenvalue weighted by molar-refractivity contribution is 5.96. The third-order valence-electron chi connectivity index (χ3n) is 4.66. The molecule has 0 saturated heterocycles. The maximum absolute atomic E-state index is 14.0. The van der Waals surface area contributed by atoms with Crippen LogP contribution in [0, 0.1) is 12.7 Å². The van der Waals surface area contributed by atoms with Gasteiger partial charge in [-0.3, -0.25) is 15.1 Å². The summed E-state index contributed by atoms with van der Waals surface area (Å²) >= 11 is 0. The monoisotopic (exact) mass is 394 g/mol. The minimum absolute atomic E-state index is 0.237. The van der Waals surface area contributed by atoms with Crippen LogP contribution in [0.4, 0.5) is 4.39 Å². The molecule has 1 atom stereocenters. The lowest BCUT2D eigenvalue weighted by atomic mass is 10.0. The molecule has 148 valence electrons. The zero-order valence-electron chi connectivity index (χ0n) is 15.9. The van der Waals surface area contributed by atoms with E-state index in [9.17, 15) is 9.18 Å². The minimum atomic E-state index is -0.437. The van der Waals surface area contributed by atoms with Crippen LogP contribution in [0.1, 0.15) is 34.5 Å². The highest BCUT2D eigenvalue weighted by Gasteiger charge is 2.35. The highest BCUT2D eigenvalue weighted by Crippen LogP contribution is 2.34. The Hall–Kier alpha value is -3.52. The molecule has 1 aliphatic heterocycles. The summed E-state index contributed by atoms with van der Waals surface area (Å²) in [6.07, 6.45) is 2.12. The van der Waals surface area contributed by atoms with Crippen molar-refractivity contribution in [1.29, 1.82) is 0 Å². The Morgan fingerprint density at radius 1 is 1.24 bits per heavy atom. The van der Waals surface area contributed by atoms with Crippen molar-refractivity contribution >= 4 is 5.91 Å². The van der Waals surface area contributed by atoms with Crippen LogP contribution in [0.3, 0.4) is 0 Å². The van der Waals surface area contributed by atoms with Crippen molar-refractivity contribution in [2.75, 3.05) is 7.11 Å². The van der Waals surface area contributed by atoms with Gasteiger partial charge in [0.2, 0.25) is 5.89 Å². The van der Waals surface area contributed by atoms with Crippen LogP contribution in [0.15, 0.2) is 65.0 Å². The fourth-order valence-electron chi connectivity index (χ4n) is 3.31. The molecule has 8 heteroatoms. The topological polar surface area (TPSA) is 80.5 Å². The molecular formula is C21H19FN4O3. The third-order valence-corrected chi connectivity index (χ3v) is 4.66. The van der Waals surface area contributed by atoms with Gasteiger partial charge in [0, 0.05) is 23.7 Å². The standard InChI is InChI=1S/C21H19FN4O3/c1-13-23-20(29-24-13)19-11-16(25-28-2)12-26(19)21(27)15-9-7-14(8-10-15)17-5-3-4-6-18(17)22/h3-10,12,19,25H,11H2,1-2H3/t19-/m0/s1. The molecule has 4 rings (SSSR count). The molecular weight excluding hydrogens is 375 g/mol. The summed E-state index contributed by atoms with van der Waals surface area (Å²) in [6, 6.07) is 12.9. The average molecular weight is 394 g/mol. The van der Waals surface area contributed by atoms with Crippen LogP contribution < -0.4 is 5.48 Å². The number of rotatable bonds is 5. The minimum Gasteiger partial charge on any atom is -0.337 e. The summed E-state index contributed by atoms with van der Waals surface area (Å²) in [5, 5.41) is 3.82. The van der Waals surface area contributed by atoms with E-state index >= 15 is 0 Å². The first-order chi connectivity index (χ1) is 14.1. The third kappa shape index (κ3) is 3.74. The lowest BCUT2D eigenvalue weighted by molar-refractivity contribution is 0.0760. The van der Waals surface area contributed by atoms with Crippen molar-refractivity contribution in [2.45, 2.75) is 19.4 Å². The number of hydrogen-bond donors (Lipinski definition) is 1. The average Bonchev–Trinajstić information content (AvgIpc) is 3.34. The number of aromatic nitrogens is 2. The molecule has 0 aliphatic carbocycles. The Labute approximate surface area is 166 Å². The second-order valence-corrected chi connectivity index (χ2v) is 6.63. The van der Waals surface area contributed by atoms with E-state index in [1.807, 2.05) is 0 Å². The first kappa shape index (κ1) is 18.8. The quantitative estimate of drug-likeness (QED) is 0.664. The normalized spacial score (nSPS) is 16.0. The number of hydrogen-bond acceptors (Lipinski definition) is 6. The van der Waals surface area contributed by atoms with E-state index < -0.39 is 6.04 Å². The van der Waals surface area contributed by atoms with Gasteiger partial charge in [-0.15, -0.1) is 0 Å². The molecule has 29 heavy (non-hydrogen) atoms. The Balaban J connectivity index is 1.61. The van der Waals surface area contributed by atoms with E-state index in [1.54, 1.807) is 55.6 Å². The van der Waals surface area contributed by atoms with Gasteiger partial charge in [0.1, 0.15) is 11.9 Å². The number of amides is 1. The van der Waals surface area contributed by atoms with Crippen molar-refractivity contribution in [3.8, 4) is 11.1 Å². The van der Waals surface area contributed by atoms with Gasteiger partial charge in [-0.25, -0.2) is 4.39 Å². The zero-order chi connectivity index (χ0) is 20.4. The smallest absolute Gasteiger partial charge is 0.258 e. The number of carbonyl (C=O) groups is 1. The van der Waals surface area contributed by atoms with Crippen LogP contribution in [-0.4, -0.2) is 28.1 Å². The fraction of sp³-hybridized carbons (Fsp3) is 0.190. The van der Waals surface area contributed by atoms with Crippen LogP contribution in [0.5, 0.6) is 0 Å². The molecule has 0 bridgehead atoms. The predicted octanol–water partition coefficient (Wildman–Crippen LogP) is 3.76.